The zero-order valence-electron chi connectivity index (χ0n) is 23.1. The number of nitrogens with one attached hydrogen (secondary N) is 1. The summed E-state index contributed by atoms with van der Waals surface area (Å²) in [6.07, 6.45) is 4.92. The third-order valence-electron chi connectivity index (χ3n) is 7.30. The molecular formula is C29H45ClN2O4. The number of halogens is 1. The van der Waals surface area contributed by atoms with Crippen LogP contribution in [-0.4, -0.2) is 66.6 Å². The van der Waals surface area contributed by atoms with Gasteiger partial charge in [0.25, 0.3) is 0 Å². The van der Waals surface area contributed by atoms with Crippen LogP contribution >= 0.6 is 12.4 Å². The molecule has 2 atom stereocenters. The Bertz CT molecular complexity index is 963. The van der Waals surface area contributed by atoms with Gasteiger partial charge in [-0.25, -0.2) is 0 Å². The first kappa shape index (κ1) is 30.1. The lowest BCUT2D eigenvalue weighted by Gasteiger charge is -2.31. The van der Waals surface area contributed by atoms with E-state index in [-0.39, 0.29) is 12.4 Å². The van der Waals surface area contributed by atoms with Gasteiger partial charge in [-0.3, -0.25) is 0 Å². The second-order valence-electron chi connectivity index (χ2n) is 9.77. The highest BCUT2D eigenvalue weighted by molar-refractivity contribution is 5.85. The van der Waals surface area contributed by atoms with E-state index in [0.717, 1.165) is 53.8 Å². The predicted molar refractivity (Wildman–Crippen MR) is 150 cm³/mol. The normalized spacial score (nSPS) is 19.9. The van der Waals surface area contributed by atoms with Crippen molar-refractivity contribution in [2.24, 2.45) is 0 Å². The molecule has 6 nitrogen and oxygen atoms in total. The Morgan fingerprint density at radius 1 is 0.722 bits per heavy atom. The quantitative estimate of drug-likeness (QED) is 0.525. The average Bonchev–Trinajstić information content (AvgIpc) is 2.89. The molecule has 2 saturated heterocycles. The molecule has 1 N–H and O–H groups in total. The topological polar surface area (TPSA) is 52.2 Å². The fourth-order valence-corrected chi connectivity index (χ4v) is 5.32. The van der Waals surface area contributed by atoms with E-state index in [1.807, 2.05) is 6.92 Å². The maximum Gasteiger partial charge on any atom is 0.122 e. The molecule has 0 spiro atoms. The van der Waals surface area contributed by atoms with E-state index in [2.05, 4.69) is 48.5 Å². The first-order chi connectivity index (χ1) is 16.9. The molecule has 0 radical (unpaired) electrons. The van der Waals surface area contributed by atoms with Crippen molar-refractivity contribution in [3.05, 3.63) is 46.5 Å². The molecule has 2 fully saturated rings. The van der Waals surface area contributed by atoms with Gasteiger partial charge >= 0.3 is 0 Å². The molecule has 0 aliphatic carbocycles. The molecule has 7 heteroatoms. The third-order valence-corrected chi connectivity index (χ3v) is 7.30. The Kier molecular flexibility index (Phi) is 12.2. The van der Waals surface area contributed by atoms with Crippen LogP contribution in [0.5, 0.6) is 23.0 Å². The molecule has 4 rings (SSSR count). The predicted octanol–water partition coefficient (Wildman–Crippen LogP) is 5.72. The standard InChI is InChI=1S/C15H23NO2.C14H21NO2.ClH/c1-11-8-15(18-4)13(9-14(11)17-3)12-6-5-7-16(2)10-12;1-10-7-14(17-3)12(8-13(10)16-2)11-5-4-6-15-9-11;/h8-9,12H,5-7,10H2,1-4H3;7-8,11,15H,4-6,9H2,1-3H3;1H/t12-;11-;/m11./s1. The molecule has 0 amide bonds. The number of rotatable bonds is 6. The lowest BCUT2D eigenvalue weighted by atomic mass is 9.89. The number of likely N-dealkylation sites (N-methyl/N-ethyl adjacent to an activating group) is 1. The summed E-state index contributed by atoms with van der Waals surface area (Å²) in [6.45, 7) is 8.55. The van der Waals surface area contributed by atoms with E-state index < -0.39 is 0 Å². The van der Waals surface area contributed by atoms with Gasteiger partial charge < -0.3 is 29.2 Å². The first-order valence-electron chi connectivity index (χ1n) is 12.8. The Labute approximate surface area is 224 Å². The molecule has 202 valence electrons. The van der Waals surface area contributed by atoms with Crippen molar-refractivity contribution in [3.63, 3.8) is 0 Å². The molecule has 2 aliphatic rings. The summed E-state index contributed by atoms with van der Waals surface area (Å²) >= 11 is 0. The highest BCUT2D eigenvalue weighted by atomic mass is 35.5. The average molecular weight is 521 g/mol. The van der Waals surface area contributed by atoms with Crippen molar-refractivity contribution in [3.8, 4) is 23.0 Å². The van der Waals surface area contributed by atoms with Crippen LogP contribution in [0.4, 0.5) is 0 Å². The molecular weight excluding hydrogens is 476 g/mol. The summed E-state index contributed by atoms with van der Waals surface area (Å²) < 4.78 is 21.9. The fourth-order valence-electron chi connectivity index (χ4n) is 5.32. The molecule has 2 aromatic carbocycles. The van der Waals surface area contributed by atoms with E-state index in [4.69, 9.17) is 18.9 Å². The molecule has 0 bridgehead atoms. The van der Waals surface area contributed by atoms with E-state index in [0.29, 0.717) is 11.8 Å². The van der Waals surface area contributed by atoms with Crippen LogP contribution in [0.1, 0.15) is 59.8 Å². The Balaban J connectivity index is 0.000000247. The van der Waals surface area contributed by atoms with Crippen molar-refractivity contribution in [2.75, 3.05) is 61.7 Å². The molecule has 2 aromatic rings. The number of methoxy groups -OCH3 is 4. The maximum absolute atomic E-state index is 5.54. The Morgan fingerprint density at radius 3 is 1.67 bits per heavy atom. The zero-order valence-corrected chi connectivity index (χ0v) is 23.9. The van der Waals surface area contributed by atoms with Crippen molar-refractivity contribution < 1.29 is 18.9 Å². The molecule has 36 heavy (non-hydrogen) atoms. The Morgan fingerprint density at radius 2 is 1.22 bits per heavy atom. The molecule has 0 aromatic heterocycles. The van der Waals surface area contributed by atoms with E-state index in [1.165, 1.54) is 43.4 Å². The van der Waals surface area contributed by atoms with E-state index in [9.17, 15) is 0 Å². The van der Waals surface area contributed by atoms with Gasteiger partial charge in [0.15, 0.2) is 0 Å². The summed E-state index contributed by atoms with van der Waals surface area (Å²) in [5, 5.41) is 3.44. The number of ether oxygens (including phenoxy) is 4. The number of hydrogen-bond donors (Lipinski definition) is 1. The number of aryl methyl sites for hydroxylation is 2. The van der Waals surface area contributed by atoms with Crippen molar-refractivity contribution in [1.29, 1.82) is 0 Å². The van der Waals surface area contributed by atoms with Gasteiger partial charge in [-0.05, 0) is 95.1 Å². The van der Waals surface area contributed by atoms with Crippen molar-refractivity contribution in [2.45, 2.75) is 51.4 Å². The minimum Gasteiger partial charge on any atom is -0.496 e. The van der Waals surface area contributed by atoms with Gasteiger partial charge in [-0.1, -0.05) is 0 Å². The Hall–Kier alpha value is -2.15. The van der Waals surface area contributed by atoms with Gasteiger partial charge in [0, 0.05) is 36.1 Å². The second-order valence-corrected chi connectivity index (χ2v) is 9.77. The molecule has 2 aliphatic heterocycles. The van der Waals surface area contributed by atoms with Crippen LogP contribution in [0.2, 0.25) is 0 Å². The minimum absolute atomic E-state index is 0. The zero-order chi connectivity index (χ0) is 25.4. The largest absolute Gasteiger partial charge is 0.496 e. The van der Waals surface area contributed by atoms with Gasteiger partial charge in [0.1, 0.15) is 23.0 Å². The van der Waals surface area contributed by atoms with Crippen LogP contribution in [-0.2, 0) is 0 Å². The first-order valence-corrected chi connectivity index (χ1v) is 12.8. The minimum atomic E-state index is 0. The van der Waals surface area contributed by atoms with Gasteiger partial charge in [-0.15, -0.1) is 12.4 Å². The summed E-state index contributed by atoms with van der Waals surface area (Å²) in [4.78, 5) is 2.39. The molecule has 0 saturated carbocycles. The number of benzene rings is 2. The van der Waals surface area contributed by atoms with Crippen molar-refractivity contribution in [1.82, 2.24) is 10.2 Å². The second kappa shape index (κ2) is 14.6. The van der Waals surface area contributed by atoms with Crippen LogP contribution in [0, 0.1) is 13.8 Å². The van der Waals surface area contributed by atoms with E-state index >= 15 is 0 Å². The van der Waals surface area contributed by atoms with Crippen molar-refractivity contribution >= 4 is 12.4 Å². The van der Waals surface area contributed by atoms with Crippen LogP contribution in [0.25, 0.3) is 0 Å². The third kappa shape index (κ3) is 7.44. The summed E-state index contributed by atoms with van der Waals surface area (Å²) in [6, 6.07) is 8.44. The van der Waals surface area contributed by atoms with Crippen LogP contribution in [0.15, 0.2) is 24.3 Å². The smallest absolute Gasteiger partial charge is 0.122 e. The van der Waals surface area contributed by atoms with Gasteiger partial charge in [0.05, 0.1) is 28.4 Å². The summed E-state index contributed by atoms with van der Waals surface area (Å²) in [5.41, 5.74) is 4.80. The number of piperidine rings is 2. The SMILES string of the molecule is COc1cc([C@@H]2CCCN(C)C2)c(OC)cc1C.COc1cc([C@@H]2CCCNC2)c(OC)cc1C.Cl. The number of nitrogens with zero attached hydrogens (tertiary/aromatic N) is 1. The highest BCUT2D eigenvalue weighted by Crippen LogP contribution is 2.37. The van der Waals surface area contributed by atoms with Crippen LogP contribution in [0.3, 0.4) is 0 Å². The fraction of sp³-hybridized carbons (Fsp3) is 0.586. The lowest BCUT2D eigenvalue weighted by Crippen LogP contribution is -2.31. The highest BCUT2D eigenvalue weighted by Gasteiger charge is 2.23. The molecule has 0 unspecified atom stereocenters. The van der Waals surface area contributed by atoms with E-state index in [1.54, 1.807) is 28.4 Å². The lowest BCUT2D eigenvalue weighted by molar-refractivity contribution is 0.247. The molecule has 2 heterocycles. The van der Waals surface area contributed by atoms with Crippen LogP contribution < -0.4 is 24.3 Å². The maximum atomic E-state index is 5.54. The summed E-state index contributed by atoms with van der Waals surface area (Å²) in [7, 11) is 9.12. The number of likely N-dealkylation sites (tertiary alicyclic amines) is 1. The van der Waals surface area contributed by atoms with Gasteiger partial charge in [-0.2, -0.15) is 0 Å². The van der Waals surface area contributed by atoms with Gasteiger partial charge in [0.2, 0.25) is 0 Å². The number of hydrogen-bond acceptors (Lipinski definition) is 6. The summed E-state index contributed by atoms with van der Waals surface area (Å²) in [5.74, 6) is 4.97. The monoisotopic (exact) mass is 520 g/mol.